The first-order valence-corrected chi connectivity index (χ1v) is 11.3. The van der Waals surface area contributed by atoms with Gasteiger partial charge in [-0.3, -0.25) is 9.59 Å². The number of likely N-dealkylation sites (N-methyl/N-ethyl adjacent to an activating group) is 1. The van der Waals surface area contributed by atoms with Crippen LogP contribution in [0.1, 0.15) is 42.1 Å². The normalized spacial score (nSPS) is 17.9. The van der Waals surface area contributed by atoms with E-state index in [4.69, 9.17) is 4.74 Å². The van der Waals surface area contributed by atoms with Gasteiger partial charge in [-0.25, -0.2) is 0 Å². The molecule has 0 saturated carbocycles. The van der Waals surface area contributed by atoms with Crippen LogP contribution in [-0.4, -0.2) is 60.4 Å². The number of rotatable bonds is 8. The second-order valence-corrected chi connectivity index (χ2v) is 9.39. The van der Waals surface area contributed by atoms with Crippen molar-refractivity contribution < 1.29 is 19.4 Å². The number of nitrogens with zero attached hydrogens (tertiary/aromatic N) is 2. The van der Waals surface area contributed by atoms with Gasteiger partial charge in [0.05, 0.1) is 18.2 Å². The summed E-state index contributed by atoms with van der Waals surface area (Å²) in [5, 5.41) is 11.3. The quantitative estimate of drug-likeness (QED) is 0.368. The number of ether oxygens (including phenoxy) is 1. The molecule has 0 aromatic heterocycles. The average molecular weight is 451 g/mol. The van der Waals surface area contributed by atoms with Crippen molar-refractivity contribution in [1.29, 1.82) is 0 Å². The third kappa shape index (κ3) is 5.45. The van der Waals surface area contributed by atoms with Crippen molar-refractivity contribution in [2.45, 2.75) is 33.7 Å². The largest absolute Gasteiger partial charge is 0.507 e. The Hall–Kier alpha value is -3.12. The molecule has 1 saturated heterocycles. The molecule has 1 atom stereocenters. The van der Waals surface area contributed by atoms with Crippen LogP contribution in [0, 0.1) is 19.8 Å². The zero-order valence-corrected chi connectivity index (χ0v) is 20.4. The Kier molecular flexibility index (Phi) is 7.59. The van der Waals surface area contributed by atoms with Crippen molar-refractivity contribution in [3.63, 3.8) is 0 Å². The van der Waals surface area contributed by atoms with Gasteiger partial charge in [0.1, 0.15) is 11.5 Å². The predicted molar refractivity (Wildman–Crippen MR) is 130 cm³/mol. The second-order valence-electron chi connectivity index (χ2n) is 9.39. The third-order valence-corrected chi connectivity index (χ3v) is 5.74. The Labute approximate surface area is 196 Å². The molecule has 0 bridgehead atoms. The predicted octanol–water partition coefficient (Wildman–Crippen LogP) is 4.32. The molecule has 0 radical (unpaired) electrons. The molecular formula is C27H34N2O4. The fraction of sp³-hybridized carbons (Fsp3) is 0.407. The van der Waals surface area contributed by atoms with Crippen LogP contribution in [0.2, 0.25) is 0 Å². The molecule has 1 fully saturated rings. The molecule has 1 aliphatic rings. The summed E-state index contributed by atoms with van der Waals surface area (Å²) in [4.78, 5) is 29.6. The van der Waals surface area contributed by atoms with Crippen LogP contribution in [0.25, 0.3) is 5.76 Å². The van der Waals surface area contributed by atoms with Gasteiger partial charge in [0.25, 0.3) is 11.7 Å². The van der Waals surface area contributed by atoms with E-state index in [1.54, 1.807) is 23.1 Å². The Morgan fingerprint density at radius 1 is 1.09 bits per heavy atom. The molecule has 0 unspecified atom stereocenters. The van der Waals surface area contributed by atoms with E-state index >= 15 is 0 Å². The van der Waals surface area contributed by atoms with Crippen molar-refractivity contribution >= 4 is 17.4 Å². The fourth-order valence-corrected chi connectivity index (χ4v) is 3.88. The van der Waals surface area contributed by atoms with Crippen molar-refractivity contribution in [2.24, 2.45) is 5.92 Å². The van der Waals surface area contributed by atoms with Gasteiger partial charge in [0, 0.05) is 18.7 Å². The van der Waals surface area contributed by atoms with E-state index < -0.39 is 17.7 Å². The molecule has 176 valence electrons. The summed E-state index contributed by atoms with van der Waals surface area (Å²) in [6, 6.07) is 12.4. The minimum absolute atomic E-state index is 0.123. The number of carbonyl (C=O) groups excluding carboxylic acids is 2. The van der Waals surface area contributed by atoms with Crippen molar-refractivity contribution in [3.8, 4) is 5.75 Å². The maximum atomic E-state index is 13.1. The molecule has 0 spiro atoms. The molecule has 2 aromatic carbocycles. The van der Waals surface area contributed by atoms with Gasteiger partial charge in [0.15, 0.2) is 0 Å². The van der Waals surface area contributed by atoms with E-state index in [0.29, 0.717) is 31.2 Å². The van der Waals surface area contributed by atoms with E-state index in [1.807, 2.05) is 57.1 Å². The summed E-state index contributed by atoms with van der Waals surface area (Å²) in [6.45, 7) is 9.63. The maximum Gasteiger partial charge on any atom is 0.295 e. The molecular weight excluding hydrogens is 416 g/mol. The smallest absolute Gasteiger partial charge is 0.295 e. The number of hydrogen-bond acceptors (Lipinski definition) is 5. The number of carbonyl (C=O) groups is 2. The highest BCUT2D eigenvalue weighted by molar-refractivity contribution is 6.46. The summed E-state index contributed by atoms with van der Waals surface area (Å²) in [5.74, 6) is -0.274. The molecule has 1 heterocycles. The van der Waals surface area contributed by atoms with Crippen molar-refractivity contribution in [2.75, 3.05) is 33.8 Å². The standard InChI is InChI=1S/C27H34N2O4/c1-17(2)16-33-22-12-11-21(15-19(22)4)25(30)23-24(20-9-7-18(3)8-10-20)29(14-13-28(5)6)27(32)26(23)31/h7-12,15,17,24,30H,13-14,16H2,1-6H3/t24-/m1/s1. The van der Waals surface area contributed by atoms with E-state index in [2.05, 4.69) is 13.8 Å². The summed E-state index contributed by atoms with van der Waals surface area (Å²) in [6.07, 6.45) is 0. The van der Waals surface area contributed by atoms with Crippen LogP contribution in [0.15, 0.2) is 48.0 Å². The number of aliphatic hydroxyl groups is 1. The number of amides is 1. The molecule has 0 aliphatic carbocycles. The number of Topliss-reactive ketones (excluding diaryl/α,β-unsaturated/α-hetero) is 1. The molecule has 1 N–H and O–H groups in total. The number of aliphatic hydroxyl groups excluding tert-OH is 1. The Balaban J connectivity index is 2.06. The highest BCUT2D eigenvalue weighted by Crippen LogP contribution is 2.39. The topological polar surface area (TPSA) is 70.1 Å². The van der Waals surface area contributed by atoms with Gasteiger partial charge in [-0.2, -0.15) is 0 Å². The molecule has 6 heteroatoms. The summed E-state index contributed by atoms with van der Waals surface area (Å²) in [7, 11) is 3.84. The third-order valence-electron chi connectivity index (χ3n) is 5.74. The molecule has 3 rings (SSSR count). The lowest BCUT2D eigenvalue weighted by Gasteiger charge is -2.26. The Morgan fingerprint density at radius 3 is 2.33 bits per heavy atom. The summed E-state index contributed by atoms with van der Waals surface area (Å²) < 4.78 is 5.84. The lowest BCUT2D eigenvalue weighted by molar-refractivity contribution is -0.140. The van der Waals surface area contributed by atoms with Crippen LogP contribution in [0.4, 0.5) is 0 Å². The highest BCUT2D eigenvalue weighted by Gasteiger charge is 2.45. The summed E-state index contributed by atoms with van der Waals surface area (Å²) in [5.41, 5.74) is 3.35. The SMILES string of the molecule is Cc1ccc([C@@H]2C(=C(O)c3ccc(OCC(C)C)c(C)c3)C(=O)C(=O)N2CCN(C)C)cc1. The van der Waals surface area contributed by atoms with Crippen molar-refractivity contribution in [3.05, 3.63) is 70.3 Å². The summed E-state index contributed by atoms with van der Waals surface area (Å²) >= 11 is 0. The minimum atomic E-state index is -0.658. The van der Waals surface area contributed by atoms with Gasteiger partial charge in [-0.1, -0.05) is 43.7 Å². The van der Waals surface area contributed by atoms with Gasteiger partial charge in [-0.15, -0.1) is 0 Å². The molecule has 2 aromatic rings. The molecule has 6 nitrogen and oxygen atoms in total. The van der Waals surface area contributed by atoms with E-state index in [9.17, 15) is 14.7 Å². The first-order chi connectivity index (χ1) is 15.6. The highest BCUT2D eigenvalue weighted by atomic mass is 16.5. The maximum absolute atomic E-state index is 13.1. The number of benzene rings is 2. The first-order valence-electron chi connectivity index (χ1n) is 11.3. The van der Waals surface area contributed by atoms with Crippen LogP contribution in [0.5, 0.6) is 5.75 Å². The monoisotopic (exact) mass is 450 g/mol. The van der Waals surface area contributed by atoms with Crippen LogP contribution < -0.4 is 4.74 Å². The molecule has 33 heavy (non-hydrogen) atoms. The van der Waals surface area contributed by atoms with Gasteiger partial charge in [0.2, 0.25) is 0 Å². The van der Waals surface area contributed by atoms with E-state index in [0.717, 1.165) is 22.4 Å². The molecule has 1 amide bonds. The number of aryl methyl sites for hydroxylation is 2. The number of likely N-dealkylation sites (tertiary alicyclic amines) is 1. The zero-order chi connectivity index (χ0) is 24.3. The lowest BCUT2D eigenvalue weighted by Crippen LogP contribution is -2.35. The lowest BCUT2D eigenvalue weighted by atomic mass is 9.94. The van der Waals surface area contributed by atoms with E-state index in [1.165, 1.54) is 0 Å². The fourth-order valence-electron chi connectivity index (χ4n) is 3.88. The zero-order valence-electron chi connectivity index (χ0n) is 20.4. The second kappa shape index (κ2) is 10.2. The molecule has 1 aliphatic heterocycles. The van der Waals surface area contributed by atoms with Crippen molar-refractivity contribution in [1.82, 2.24) is 9.80 Å². The first kappa shape index (κ1) is 24.5. The van der Waals surface area contributed by atoms with Crippen LogP contribution in [-0.2, 0) is 9.59 Å². The Morgan fingerprint density at radius 2 is 1.76 bits per heavy atom. The van der Waals surface area contributed by atoms with E-state index in [-0.39, 0.29) is 11.3 Å². The Bertz CT molecular complexity index is 1050. The van der Waals surface area contributed by atoms with Gasteiger partial charge >= 0.3 is 0 Å². The number of hydrogen-bond donors (Lipinski definition) is 1. The van der Waals surface area contributed by atoms with Crippen LogP contribution >= 0.6 is 0 Å². The van der Waals surface area contributed by atoms with Gasteiger partial charge < -0.3 is 19.6 Å². The number of ketones is 1. The van der Waals surface area contributed by atoms with Gasteiger partial charge in [-0.05, 0) is 63.2 Å². The minimum Gasteiger partial charge on any atom is -0.507 e. The average Bonchev–Trinajstić information content (AvgIpc) is 3.01. The van der Waals surface area contributed by atoms with Crippen LogP contribution in [0.3, 0.4) is 0 Å².